The van der Waals surface area contributed by atoms with Gasteiger partial charge in [0.15, 0.2) is 0 Å². The Kier molecular flexibility index (Phi) is 5.57. The van der Waals surface area contributed by atoms with Crippen molar-refractivity contribution in [3.8, 4) is 0 Å². The first-order chi connectivity index (χ1) is 13.2. The van der Waals surface area contributed by atoms with Crippen LogP contribution >= 0.6 is 0 Å². The summed E-state index contributed by atoms with van der Waals surface area (Å²) in [4.78, 5) is 35.8. The molecule has 146 valence electrons. The molecular formula is C20H29N5O2. The second-order valence-corrected chi connectivity index (χ2v) is 7.93. The molecule has 0 bridgehead atoms. The first-order valence-electron chi connectivity index (χ1n) is 10.2. The van der Waals surface area contributed by atoms with Gasteiger partial charge in [0, 0.05) is 58.1 Å². The minimum Gasteiger partial charge on any atom is -0.340 e. The van der Waals surface area contributed by atoms with Crippen molar-refractivity contribution in [3.05, 3.63) is 30.1 Å². The predicted octanol–water partition coefficient (Wildman–Crippen LogP) is 1.31. The molecule has 1 N–H and O–H groups in total. The fraction of sp³-hybridized carbons (Fsp3) is 0.650. The van der Waals surface area contributed by atoms with Crippen LogP contribution in [-0.4, -0.2) is 76.9 Å². The number of likely N-dealkylation sites (tertiary alicyclic amines) is 1. The van der Waals surface area contributed by atoms with Crippen LogP contribution in [-0.2, 0) is 11.3 Å². The van der Waals surface area contributed by atoms with E-state index in [0.717, 1.165) is 70.6 Å². The largest absolute Gasteiger partial charge is 0.340 e. The van der Waals surface area contributed by atoms with Gasteiger partial charge in [-0.3, -0.25) is 14.7 Å². The van der Waals surface area contributed by atoms with Crippen LogP contribution in [0.3, 0.4) is 0 Å². The number of rotatable bonds is 4. The summed E-state index contributed by atoms with van der Waals surface area (Å²) in [5.74, 6) is 0.169. The highest BCUT2D eigenvalue weighted by Gasteiger charge is 2.34. The molecule has 0 spiro atoms. The number of amides is 3. The van der Waals surface area contributed by atoms with Gasteiger partial charge in [0.1, 0.15) is 0 Å². The average Bonchev–Trinajstić information content (AvgIpc) is 3.53. The van der Waals surface area contributed by atoms with E-state index in [1.54, 1.807) is 0 Å². The van der Waals surface area contributed by atoms with Crippen molar-refractivity contribution in [3.63, 3.8) is 0 Å². The minimum atomic E-state index is -0.0500. The van der Waals surface area contributed by atoms with E-state index in [1.165, 1.54) is 0 Å². The van der Waals surface area contributed by atoms with E-state index in [0.29, 0.717) is 12.6 Å². The van der Waals surface area contributed by atoms with E-state index in [2.05, 4.69) is 15.2 Å². The number of piperazine rings is 1. The topological polar surface area (TPSA) is 68.8 Å². The van der Waals surface area contributed by atoms with Crippen LogP contribution in [0.2, 0.25) is 0 Å². The van der Waals surface area contributed by atoms with Crippen molar-refractivity contribution >= 4 is 11.9 Å². The van der Waals surface area contributed by atoms with Crippen molar-refractivity contribution in [2.24, 2.45) is 5.92 Å². The summed E-state index contributed by atoms with van der Waals surface area (Å²) < 4.78 is 0. The number of piperidine rings is 1. The van der Waals surface area contributed by atoms with Crippen molar-refractivity contribution < 1.29 is 9.59 Å². The maximum atomic E-state index is 13.0. The maximum absolute atomic E-state index is 13.0. The molecular weight excluding hydrogens is 342 g/mol. The van der Waals surface area contributed by atoms with Crippen LogP contribution in [0, 0.1) is 5.92 Å². The number of hydrogen-bond donors (Lipinski definition) is 1. The lowest BCUT2D eigenvalue weighted by Crippen LogP contribution is -2.53. The molecule has 0 aromatic carbocycles. The van der Waals surface area contributed by atoms with Gasteiger partial charge >= 0.3 is 6.03 Å². The highest BCUT2D eigenvalue weighted by atomic mass is 16.2. The quantitative estimate of drug-likeness (QED) is 0.867. The number of nitrogens with zero attached hydrogens (tertiary/aromatic N) is 4. The van der Waals surface area contributed by atoms with Crippen LogP contribution in [0.4, 0.5) is 4.79 Å². The Hall–Kier alpha value is -2.15. The molecule has 4 rings (SSSR count). The molecule has 3 aliphatic rings. The highest BCUT2D eigenvalue weighted by molar-refractivity contribution is 5.81. The minimum absolute atomic E-state index is 0.00943. The molecule has 1 aromatic heterocycles. The Morgan fingerprint density at radius 2 is 1.85 bits per heavy atom. The summed E-state index contributed by atoms with van der Waals surface area (Å²) in [6, 6.07) is 6.35. The summed E-state index contributed by atoms with van der Waals surface area (Å²) in [5, 5.41) is 3.04. The Balaban J connectivity index is 1.25. The van der Waals surface area contributed by atoms with Gasteiger partial charge in [-0.15, -0.1) is 0 Å². The van der Waals surface area contributed by atoms with Gasteiger partial charge in [-0.05, 0) is 37.8 Å². The van der Waals surface area contributed by atoms with Crippen molar-refractivity contribution in [2.75, 3.05) is 39.3 Å². The number of hydrogen-bond acceptors (Lipinski definition) is 4. The van der Waals surface area contributed by atoms with Crippen molar-refractivity contribution in [2.45, 2.75) is 38.3 Å². The monoisotopic (exact) mass is 371 g/mol. The second kappa shape index (κ2) is 8.25. The van der Waals surface area contributed by atoms with E-state index < -0.39 is 0 Å². The van der Waals surface area contributed by atoms with Gasteiger partial charge in [-0.2, -0.15) is 0 Å². The first-order valence-corrected chi connectivity index (χ1v) is 10.2. The van der Waals surface area contributed by atoms with Crippen LogP contribution in [0.5, 0.6) is 0 Å². The molecule has 1 aromatic rings. The molecule has 3 amide bonds. The number of carbonyl (C=O) groups is 2. The molecule has 1 atom stereocenters. The highest BCUT2D eigenvalue weighted by Crippen LogP contribution is 2.22. The van der Waals surface area contributed by atoms with Gasteiger partial charge in [0.25, 0.3) is 0 Å². The van der Waals surface area contributed by atoms with Crippen molar-refractivity contribution in [1.82, 2.24) is 25.0 Å². The average molecular weight is 371 g/mol. The van der Waals surface area contributed by atoms with Gasteiger partial charge in [-0.1, -0.05) is 6.07 Å². The molecule has 7 heteroatoms. The molecule has 2 saturated heterocycles. The van der Waals surface area contributed by atoms with Crippen LogP contribution in [0.15, 0.2) is 24.4 Å². The summed E-state index contributed by atoms with van der Waals surface area (Å²) in [6.45, 7) is 5.43. The van der Waals surface area contributed by atoms with Gasteiger partial charge in [0.2, 0.25) is 5.91 Å². The molecule has 1 aliphatic carbocycles. The van der Waals surface area contributed by atoms with Gasteiger partial charge in [-0.25, -0.2) is 4.79 Å². The zero-order valence-electron chi connectivity index (χ0n) is 15.8. The van der Waals surface area contributed by atoms with Gasteiger partial charge in [0.05, 0.1) is 11.6 Å². The third kappa shape index (κ3) is 4.77. The smallest absolute Gasteiger partial charge is 0.317 e. The third-order valence-corrected chi connectivity index (χ3v) is 5.76. The van der Waals surface area contributed by atoms with E-state index in [1.807, 2.05) is 34.2 Å². The number of urea groups is 1. The van der Waals surface area contributed by atoms with Crippen LogP contribution < -0.4 is 5.32 Å². The molecule has 0 radical (unpaired) electrons. The Morgan fingerprint density at radius 1 is 1.04 bits per heavy atom. The lowest BCUT2D eigenvalue weighted by molar-refractivity contribution is -0.138. The molecule has 1 unspecified atom stereocenters. The zero-order chi connectivity index (χ0) is 18.6. The van der Waals surface area contributed by atoms with Gasteiger partial charge < -0.3 is 15.1 Å². The summed E-state index contributed by atoms with van der Waals surface area (Å²) in [7, 11) is 0. The lowest BCUT2D eigenvalue weighted by Gasteiger charge is -2.39. The van der Waals surface area contributed by atoms with Crippen LogP contribution in [0.25, 0.3) is 0 Å². The number of carbonyl (C=O) groups excluding carboxylic acids is 2. The first kappa shape index (κ1) is 18.2. The fourth-order valence-electron chi connectivity index (χ4n) is 3.96. The van der Waals surface area contributed by atoms with Crippen LogP contribution in [0.1, 0.15) is 31.4 Å². The summed E-state index contributed by atoms with van der Waals surface area (Å²) in [5.41, 5.74) is 1.07. The fourth-order valence-corrected chi connectivity index (χ4v) is 3.96. The molecule has 3 fully saturated rings. The van der Waals surface area contributed by atoms with Crippen molar-refractivity contribution in [1.29, 1.82) is 0 Å². The molecule has 1 saturated carbocycles. The maximum Gasteiger partial charge on any atom is 0.317 e. The zero-order valence-corrected chi connectivity index (χ0v) is 15.8. The van der Waals surface area contributed by atoms with E-state index >= 15 is 0 Å². The number of aromatic nitrogens is 1. The second-order valence-electron chi connectivity index (χ2n) is 7.93. The van der Waals surface area contributed by atoms with E-state index in [4.69, 9.17) is 0 Å². The number of pyridine rings is 1. The normalized spacial score (nSPS) is 23.9. The summed E-state index contributed by atoms with van der Waals surface area (Å²) >= 11 is 0. The van der Waals surface area contributed by atoms with E-state index in [-0.39, 0.29) is 17.9 Å². The molecule has 3 heterocycles. The Labute approximate surface area is 160 Å². The standard InChI is InChI=1S/C20H29N5O2/c26-19(16-4-3-9-25(14-16)20(27)22-17-6-7-17)24-12-10-23(11-13-24)15-18-5-1-2-8-21-18/h1-2,5,8,16-17H,3-4,6-7,9-15H2,(H,22,27). The SMILES string of the molecule is O=C(NC1CC1)N1CCCC(C(=O)N2CCN(Cc3ccccn3)CC2)C1. The predicted molar refractivity (Wildman–Crippen MR) is 102 cm³/mol. The third-order valence-electron chi connectivity index (χ3n) is 5.76. The Morgan fingerprint density at radius 3 is 2.56 bits per heavy atom. The van der Waals surface area contributed by atoms with E-state index in [9.17, 15) is 9.59 Å². The Bertz CT molecular complexity index is 656. The summed E-state index contributed by atoms with van der Waals surface area (Å²) in [6.07, 6.45) is 5.80. The lowest BCUT2D eigenvalue weighted by atomic mass is 9.96. The molecule has 2 aliphatic heterocycles. The number of nitrogens with one attached hydrogen (secondary N) is 1. The molecule has 7 nitrogen and oxygen atoms in total. The molecule has 27 heavy (non-hydrogen) atoms.